The number of rotatable bonds is 6. The Morgan fingerprint density at radius 3 is 2.36 bits per heavy atom. The zero-order valence-electron chi connectivity index (χ0n) is 18.5. The van der Waals surface area contributed by atoms with Crippen molar-refractivity contribution < 1.29 is 32.9 Å². The lowest BCUT2D eigenvalue weighted by atomic mass is 9.97. The van der Waals surface area contributed by atoms with Gasteiger partial charge < -0.3 is 14.9 Å². The number of alkyl halides is 3. The Hall–Kier alpha value is -3.69. The number of carboxylic acid groups (broad SMARTS) is 1. The summed E-state index contributed by atoms with van der Waals surface area (Å²) in [5, 5.41) is 24.7. The van der Waals surface area contributed by atoms with Crippen LogP contribution >= 0.6 is 23.2 Å². The van der Waals surface area contributed by atoms with Gasteiger partial charge in [0.05, 0.1) is 21.8 Å². The molecular formula is C25H17Cl2F3N2O4. The van der Waals surface area contributed by atoms with Gasteiger partial charge in [0.1, 0.15) is 23.8 Å². The highest BCUT2D eigenvalue weighted by Gasteiger charge is 2.34. The third kappa shape index (κ3) is 5.12. The van der Waals surface area contributed by atoms with Gasteiger partial charge in [0.25, 0.3) is 0 Å². The molecule has 186 valence electrons. The van der Waals surface area contributed by atoms with Crippen LogP contribution in [-0.4, -0.2) is 26.0 Å². The van der Waals surface area contributed by atoms with E-state index < -0.39 is 28.5 Å². The summed E-state index contributed by atoms with van der Waals surface area (Å²) in [6, 6.07) is 14.2. The first kappa shape index (κ1) is 25.4. The van der Waals surface area contributed by atoms with Crippen molar-refractivity contribution in [2.24, 2.45) is 7.05 Å². The normalized spacial score (nSPS) is 11.5. The lowest BCUT2D eigenvalue weighted by Crippen LogP contribution is -2.06. The topological polar surface area (TPSA) is 84.6 Å². The molecule has 1 heterocycles. The Balaban J connectivity index is 1.86. The van der Waals surface area contributed by atoms with E-state index in [4.69, 9.17) is 27.9 Å². The number of aryl methyl sites for hydroxylation is 1. The molecule has 36 heavy (non-hydrogen) atoms. The molecule has 1 aromatic heterocycles. The average Bonchev–Trinajstić information content (AvgIpc) is 3.20. The molecule has 0 atom stereocenters. The summed E-state index contributed by atoms with van der Waals surface area (Å²) in [6.45, 7) is 0.0371. The van der Waals surface area contributed by atoms with Crippen LogP contribution in [0.1, 0.15) is 21.6 Å². The monoisotopic (exact) mass is 536 g/mol. The van der Waals surface area contributed by atoms with Gasteiger partial charge in [-0.3, -0.25) is 4.68 Å². The smallest absolute Gasteiger partial charge is 0.417 e. The number of hydrogen-bond donors (Lipinski definition) is 2. The van der Waals surface area contributed by atoms with Crippen LogP contribution < -0.4 is 4.74 Å². The number of phenolic OH excluding ortho intramolecular Hbond substituents is 1. The summed E-state index contributed by atoms with van der Waals surface area (Å²) in [6.07, 6.45) is -4.73. The second-order valence-electron chi connectivity index (χ2n) is 7.79. The highest BCUT2D eigenvalue weighted by Crippen LogP contribution is 2.46. The second-order valence-corrected chi connectivity index (χ2v) is 8.63. The molecule has 0 saturated carbocycles. The summed E-state index contributed by atoms with van der Waals surface area (Å²) >= 11 is 11.7. The molecule has 0 fully saturated rings. The van der Waals surface area contributed by atoms with Crippen molar-refractivity contribution in [3.63, 3.8) is 0 Å². The van der Waals surface area contributed by atoms with E-state index >= 15 is 0 Å². The second kappa shape index (κ2) is 9.75. The number of carboxylic acids is 1. The molecule has 0 bridgehead atoms. The van der Waals surface area contributed by atoms with Crippen molar-refractivity contribution in [1.82, 2.24) is 9.78 Å². The molecule has 0 saturated heterocycles. The van der Waals surface area contributed by atoms with Gasteiger partial charge in [-0.1, -0.05) is 41.4 Å². The minimum Gasteiger partial charge on any atom is -0.506 e. The van der Waals surface area contributed by atoms with Crippen LogP contribution in [0.3, 0.4) is 0 Å². The van der Waals surface area contributed by atoms with E-state index in [-0.39, 0.29) is 40.4 Å². The molecule has 11 heteroatoms. The van der Waals surface area contributed by atoms with Crippen molar-refractivity contribution in [3.8, 4) is 33.9 Å². The van der Waals surface area contributed by atoms with Gasteiger partial charge in [0.15, 0.2) is 0 Å². The molecule has 0 spiro atoms. The fraction of sp³-hybridized carbons (Fsp3) is 0.120. The Labute approximate surface area is 213 Å². The average molecular weight is 537 g/mol. The van der Waals surface area contributed by atoms with Gasteiger partial charge in [-0.05, 0) is 53.6 Å². The van der Waals surface area contributed by atoms with Gasteiger partial charge in [0, 0.05) is 17.6 Å². The van der Waals surface area contributed by atoms with Gasteiger partial charge in [-0.15, -0.1) is 0 Å². The van der Waals surface area contributed by atoms with Crippen molar-refractivity contribution >= 4 is 29.2 Å². The van der Waals surface area contributed by atoms with Gasteiger partial charge in [0.2, 0.25) is 0 Å². The molecule has 6 nitrogen and oxygen atoms in total. The van der Waals surface area contributed by atoms with E-state index in [1.54, 1.807) is 24.3 Å². The van der Waals surface area contributed by atoms with E-state index in [9.17, 15) is 28.2 Å². The molecular weight excluding hydrogens is 520 g/mol. The van der Waals surface area contributed by atoms with E-state index in [2.05, 4.69) is 5.10 Å². The number of halogens is 5. The van der Waals surface area contributed by atoms with Gasteiger partial charge in [-0.25, -0.2) is 4.79 Å². The van der Waals surface area contributed by atoms with Crippen LogP contribution in [0, 0.1) is 0 Å². The number of aromatic hydroxyl groups is 1. The Morgan fingerprint density at radius 1 is 1.06 bits per heavy atom. The summed E-state index contributed by atoms with van der Waals surface area (Å²) in [7, 11) is 1.42. The maximum Gasteiger partial charge on any atom is 0.417 e. The standard InChI is InChI=1S/C25H17Cl2F3N2O4/c1-32-20(24(34)35)11-19(31-32)16-7-9-21(36-12-13-2-5-15(26)6-3-13)22(23(16)33)14-4-8-18(27)17(10-14)25(28,29)30/h2-11,33H,12H2,1H3,(H,34,35). The third-order valence-corrected chi connectivity index (χ3v) is 5.96. The van der Waals surface area contributed by atoms with Crippen LogP contribution in [0.5, 0.6) is 11.5 Å². The molecule has 0 aliphatic heterocycles. The van der Waals surface area contributed by atoms with Crippen LogP contribution in [0.4, 0.5) is 13.2 Å². The molecule has 0 unspecified atom stereocenters. The van der Waals surface area contributed by atoms with Crippen molar-refractivity contribution in [2.45, 2.75) is 12.8 Å². The fourth-order valence-electron chi connectivity index (χ4n) is 3.62. The number of aromatic nitrogens is 2. The van der Waals surface area contributed by atoms with Crippen LogP contribution in [0.2, 0.25) is 10.0 Å². The maximum atomic E-state index is 13.6. The van der Waals surface area contributed by atoms with E-state index in [0.29, 0.717) is 5.02 Å². The molecule has 0 aliphatic carbocycles. The summed E-state index contributed by atoms with van der Waals surface area (Å²) in [4.78, 5) is 11.4. The number of nitrogens with zero attached hydrogens (tertiary/aromatic N) is 2. The van der Waals surface area contributed by atoms with E-state index in [1.807, 2.05) is 0 Å². The molecule has 2 N–H and O–H groups in total. The van der Waals surface area contributed by atoms with Gasteiger partial charge in [-0.2, -0.15) is 18.3 Å². The largest absolute Gasteiger partial charge is 0.506 e. The Kier molecular flexibility index (Phi) is 6.88. The van der Waals surface area contributed by atoms with E-state index in [0.717, 1.165) is 22.4 Å². The van der Waals surface area contributed by atoms with Crippen molar-refractivity contribution in [3.05, 3.63) is 87.5 Å². The van der Waals surface area contributed by atoms with Crippen molar-refractivity contribution in [2.75, 3.05) is 0 Å². The fourth-order valence-corrected chi connectivity index (χ4v) is 3.97. The number of aromatic carboxylic acids is 1. The number of benzene rings is 3. The first-order valence-corrected chi connectivity index (χ1v) is 11.1. The number of hydrogen-bond acceptors (Lipinski definition) is 4. The quantitative estimate of drug-likeness (QED) is 0.275. The zero-order valence-corrected chi connectivity index (χ0v) is 20.0. The summed E-state index contributed by atoms with van der Waals surface area (Å²) < 4.78 is 47.7. The van der Waals surface area contributed by atoms with Gasteiger partial charge >= 0.3 is 12.1 Å². The van der Waals surface area contributed by atoms with Crippen molar-refractivity contribution in [1.29, 1.82) is 0 Å². The molecule has 0 amide bonds. The number of ether oxygens (including phenoxy) is 1. The molecule has 3 aromatic carbocycles. The molecule has 4 rings (SSSR count). The lowest BCUT2D eigenvalue weighted by molar-refractivity contribution is -0.137. The summed E-state index contributed by atoms with van der Waals surface area (Å²) in [5.74, 6) is -1.57. The number of carbonyl (C=O) groups is 1. The number of phenols is 1. The lowest BCUT2D eigenvalue weighted by Gasteiger charge is -2.17. The van der Waals surface area contributed by atoms with Crippen LogP contribution in [0.15, 0.2) is 60.7 Å². The minimum absolute atomic E-state index is 0.00781. The minimum atomic E-state index is -4.73. The molecule has 0 radical (unpaired) electrons. The third-order valence-electron chi connectivity index (χ3n) is 5.38. The van der Waals surface area contributed by atoms with Crippen LogP contribution in [-0.2, 0) is 19.8 Å². The first-order valence-electron chi connectivity index (χ1n) is 10.3. The molecule has 4 aromatic rings. The zero-order chi connectivity index (χ0) is 26.2. The Morgan fingerprint density at radius 2 is 1.75 bits per heavy atom. The maximum absolute atomic E-state index is 13.6. The van der Waals surface area contributed by atoms with Crippen LogP contribution in [0.25, 0.3) is 22.4 Å². The molecule has 0 aliphatic rings. The highest BCUT2D eigenvalue weighted by molar-refractivity contribution is 6.31. The predicted molar refractivity (Wildman–Crippen MR) is 129 cm³/mol. The Bertz CT molecular complexity index is 1450. The summed E-state index contributed by atoms with van der Waals surface area (Å²) in [5.41, 5.74) is -0.311. The first-order chi connectivity index (χ1) is 17.0. The SMILES string of the molecule is Cn1nc(-c2ccc(OCc3ccc(Cl)cc3)c(-c3ccc(Cl)c(C(F)(F)F)c3)c2O)cc1C(=O)O. The highest BCUT2D eigenvalue weighted by atomic mass is 35.5. The predicted octanol–water partition coefficient (Wildman–Crippen LogP) is 7.06. The van der Waals surface area contributed by atoms with E-state index in [1.165, 1.54) is 31.3 Å².